The first-order valence-corrected chi connectivity index (χ1v) is 25.8. The molecule has 0 aliphatic heterocycles. The third-order valence-corrected chi connectivity index (χ3v) is 11.9. The van der Waals surface area contributed by atoms with Crippen molar-refractivity contribution >= 4 is 13.7 Å². The first-order valence-electron chi connectivity index (χ1n) is 24.4. The lowest BCUT2D eigenvalue weighted by molar-refractivity contribution is -0.870. The van der Waals surface area contributed by atoms with Gasteiger partial charge in [-0.3, -0.25) is 13.8 Å². The van der Waals surface area contributed by atoms with Crippen LogP contribution in [0.2, 0.25) is 0 Å². The summed E-state index contributed by atoms with van der Waals surface area (Å²) in [5.41, 5.74) is 0. The average Bonchev–Trinajstić information content (AvgIpc) is 3.17. The van der Waals surface area contributed by atoms with Crippen LogP contribution in [0, 0.1) is 0 Å². The smallest absolute Gasteiger partial charge is 0.391 e. The van der Waals surface area contributed by atoms with E-state index in [1.807, 2.05) is 21.1 Å². The molecule has 0 aliphatic carbocycles. The fraction of sp³-hybridized carbons (Fsp3) is 0.857. The van der Waals surface area contributed by atoms with Crippen molar-refractivity contribution < 1.29 is 32.9 Å². The molecule has 0 saturated carbocycles. The maximum absolute atomic E-state index is 12.9. The zero-order chi connectivity index (χ0) is 42.8. The summed E-state index contributed by atoms with van der Waals surface area (Å²) in [5.74, 6) is -0.150. The summed E-state index contributed by atoms with van der Waals surface area (Å²) in [6, 6.07) is -0.761. The first kappa shape index (κ1) is 56.7. The fourth-order valence-electron chi connectivity index (χ4n) is 6.99. The standard InChI is InChI=1S/C49H95N2O6P/c1-6-8-10-12-14-16-18-19-20-21-22-23-24-25-26-27-28-29-30-31-33-35-37-39-41-43-49(53)50-47(46-57-58(54,55)56-45-44-51(3,4)5)48(52)42-40-38-36-34-32-17-15-13-11-9-7-2/h18-19,21-22,24-25,47-48,52H,6-17,20,23,26-46H2,1-5H3,(H-,50,53,54,55)/p+1/b19-18-,22-21-,25-24-. The third kappa shape index (κ3) is 42.8. The minimum absolute atomic E-state index is 0.0734. The molecule has 3 N–H and O–H groups in total. The van der Waals surface area contributed by atoms with Gasteiger partial charge < -0.3 is 19.8 Å². The Bertz CT molecular complexity index is 1040. The Morgan fingerprint density at radius 1 is 0.586 bits per heavy atom. The van der Waals surface area contributed by atoms with E-state index in [9.17, 15) is 19.4 Å². The first-order chi connectivity index (χ1) is 28.0. The van der Waals surface area contributed by atoms with Gasteiger partial charge in [-0.2, -0.15) is 0 Å². The summed E-state index contributed by atoms with van der Waals surface area (Å²) >= 11 is 0. The second-order valence-corrected chi connectivity index (χ2v) is 19.3. The molecule has 342 valence electrons. The Morgan fingerprint density at radius 3 is 1.43 bits per heavy atom. The van der Waals surface area contributed by atoms with Crippen LogP contribution >= 0.6 is 7.82 Å². The Kier molecular flexibility index (Phi) is 40.2. The molecule has 0 radical (unpaired) electrons. The lowest BCUT2D eigenvalue weighted by Crippen LogP contribution is -2.46. The number of nitrogens with one attached hydrogen (secondary N) is 1. The van der Waals surface area contributed by atoms with Crippen molar-refractivity contribution in [3.05, 3.63) is 36.5 Å². The maximum Gasteiger partial charge on any atom is 0.472 e. The molecule has 0 aromatic carbocycles. The van der Waals surface area contributed by atoms with E-state index in [0.717, 1.165) is 51.4 Å². The molecular weight excluding hydrogens is 744 g/mol. The number of aliphatic hydroxyl groups is 1. The number of phosphoric acid groups is 1. The highest BCUT2D eigenvalue weighted by Crippen LogP contribution is 2.43. The number of hydrogen-bond donors (Lipinski definition) is 3. The van der Waals surface area contributed by atoms with Gasteiger partial charge in [0.05, 0.1) is 39.9 Å². The minimum Gasteiger partial charge on any atom is -0.391 e. The molecule has 0 aromatic rings. The molecule has 1 amide bonds. The van der Waals surface area contributed by atoms with Crippen LogP contribution < -0.4 is 5.32 Å². The Balaban J connectivity index is 4.19. The predicted octanol–water partition coefficient (Wildman–Crippen LogP) is 13.9. The van der Waals surface area contributed by atoms with E-state index >= 15 is 0 Å². The molecule has 3 atom stereocenters. The van der Waals surface area contributed by atoms with Crippen molar-refractivity contribution in [2.45, 2.75) is 231 Å². The van der Waals surface area contributed by atoms with Gasteiger partial charge in [0, 0.05) is 6.42 Å². The van der Waals surface area contributed by atoms with Crippen LogP contribution in [-0.2, 0) is 18.4 Å². The van der Waals surface area contributed by atoms with Gasteiger partial charge in [0.15, 0.2) is 0 Å². The van der Waals surface area contributed by atoms with E-state index in [0.29, 0.717) is 23.9 Å². The molecule has 0 heterocycles. The molecule has 0 spiro atoms. The van der Waals surface area contributed by atoms with Gasteiger partial charge in [0.2, 0.25) is 5.91 Å². The van der Waals surface area contributed by atoms with Crippen molar-refractivity contribution in [2.75, 3.05) is 40.9 Å². The summed E-state index contributed by atoms with van der Waals surface area (Å²) in [6.07, 6.45) is 50.3. The van der Waals surface area contributed by atoms with E-state index in [-0.39, 0.29) is 19.1 Å². The van der Waals surface area contributed by atoms with E-state index in [2.05, 4.69) is 55.6 Å². The number of nitrogens with zero attached hydrogens (tertiary/aromatic N) is 1. The normalized spacial score (nSPS) is 14.5. The molecule has 0 bridgehead atoms. The van der Waals surface area contributed by atoms with Crippen LogP contribution in [0.1, 0.15) is 219 Å². The highest BCUT2D eigenvalue weighted by Gasteiger charge is 2.28. The van der Waals surface area contributed by atoms with Gasteiger partial charge in [-0.25, -0.2) is 4.57 Å². The maximum atomic E-state index is 12.9. The van der Waals surface area contributed by atoms with E-state index in [1.165, 1.54) is 141 Å². The van der Waals surface area contributed by atoms with E-state index in [1.54, 1.807) is 0 Å². The quantitative estimate of drug-likeness (QED) is 0.0244. The molecule has 9 heteroatoms. The van der Waals surface area contributed by atoms with Crippen LogP contribution in [-0.4, -0.2) is 73.4 Å². The molecule has 3 unspecified atom stereocenters. The molecule has 58 heavy (non-hydrogen) atoms. The topological polar surface area (TPSA) is 105 Å². The van der Waals surface area contributed by atoms with Crippen molar-refractivity contribution in [1.82, 2.24) is 5.32 Å². The molecule has 0 aromatic heterocycles. The Labute approximate surface area is 359 Å². The highest BCUT2D eigenvalue weighted by atomic mass is 31.2. The van der Waals surface area contributed by atoms with Gasteiger partial charge in [-0.05, 0) is 51.4 Å². The van der Waals surface area contributed by atoms with Crippen LogP contribution in [0.3, 0.4) is 0 Å². The summed E-state index contributed by atoms with van der Waals surface area (Å²) in [4.78, 5) is 23.2. The fourth-order valence-corrected chi connectivity index (χ4v) is 7.73. The van der Waals surface area contributed by atoms with Gasteiger partial charge in [-0.1, -0.05) is 198 Å². The number of phosphoric ester groups is 1. The number of aliphatic hydroxyl groups excluding tert-OH is 1. The second kappa shape index (κ2) is 41.1. The zero-order valence-corrected chi connectivity index (χ0v) is 39.7. The van der Waals surface area contributed by atoms with Crippen molar-refractivity contribution in [2.24, 2.45) is 0 Å². The molecular formula is C49H96N2O6P+. The SMILES string of the molecule is CCCCCCC/C=C\C/C=C\C/C=C\CCCCCCCCCCCCC(=O)NC(COP(=O)(O)OCC[N+](C)(C)C)C(O)CCCCCCCCCCCCC. The minimum atomic E-state index is -4.31. The largest absolute Gasteiger partial charge is 0.472 e. The average molecular weight is 840 g/mol. The summed E-state index contributed by atoms with van der Waals surface area (Å²) < 4.78 is 23.6. The molecule has 0 saturated heterocycles. The summed E-state index contributed by atoms with van der Waals surface area (Å²) in [6.45, 7) is 4.86. The monoisotopic (exact) mass is 840 g/mol. The lowest BCUT2D eigenvalue weighted by Gasteiger charge is -2.26. The second-order valence-electron chi connectivity index (χ2n) is 17.8. The molecule has 8 nitrogen and oxygen atoms in total. The number of rotatable bonds is 44. The van der Waals surface area contributed by atoms with Crippen molar-refractivity contribution in [3.63, 3.8) is 0 Å². The third-order valence-electron chi connectivity index (χ3n) is 10.9. The van der Waals surface area contributed by atoms with Gasteiger partial charge in [0.25, 0.3) is 0 Å². The Hall–Kier alpha value is -1.28. The molecule has 0 fully saturated rings. The predicted molar refractivity (Wildman–Crippen MR) is 249 cm³/mol. The summed E-state index contributed by atoms with van der Waals surface area (Å²) in [5, 5.41) is 13.9. The van der Waals surface area contributed by atoms with Crippen LogP contribution in [0.4, 0.5) is 0 Å². The van der Waals surface area contributed by atoms with Gasteiger partial charge >= 0.3 is 7.82 Å². The number of carbonyl (C=O) groups is 1. The zero-order valence-electron chi connectivity index (χ0n) is 38.8. The lowest BCUT2D eigenvalue weighted by atomic mass is 10.0. The number of unbranched alkanes of at least 4 members (excludes halogenated alkanes) is 25. The molecule has 0 aliphatic rings. The van der Waals surface area contributed by atoms with Gasteiger partial charge in [0.1, 0.15) is 13.2 Å². The number of allylic oxidation sites excluding steroid dienone is 6. The Morgan fingerprint density at radius 2 is 0.983 bits per heavy atom. The highest BCUT2D eigenvalue weighted by molar-refractivity contribution is 7.47. The van der Waals surface area contributed by atoms with Crippen molar-refractivity contribution in [3.8, 4) is 0 Å². The van der Waals surface area contributed by atoms with Crippen molar-refractivity contribution in [1.29, 1.82) is 0 Å². The summed E-state index contributed by atoms with van der Waals surface area (Å²) in [7, 11) is 1.61. The number of quaternary nitrogens is 1. The van der Waals surface area contributed by atoms with Crippen LogP contribution in [0.15, 0.2) is 36.5 Å². The van der Waals surface area contributed by atoms with Crippen LogP contribution in [0.25, 0.3) is 0 Å². The number of carbonyl (C=O) groups excluding carboxylic acids is 1. The number of amides is 1. The number of hydrogen-bond acceptors (Lipinski definition) is 5. The van der Waals surface area contributed by atoms with Crippen LogP contribution in [0.5, 0.6) is 0 Å². The molecule has 0 rings (SSSR count). The van der Waals surface area contributed by atoms with E-state index < -0.39 is 20.0 Å². The van der Waals surface area contributed by atoms with Gasteiger partial charge in [-0.15, -0.1) is 0 Å². The van der Waals surface area contributed by atoms with E-state index in [4.69, 9.17) is 9.05 Å². The number of likely N-dealkylation sites (N-methyl/N-ethyl adjacent to an activating group) is 1.